The predicted octanol–water partition coefficient (Wildman–Crippen LogP) is 3.00. The van der Waals surface area contributed by atoms with Gasteiger partial charge in [-0.2, -0.15) is 8.42 Å². The molecule has 1 saturated heterocycles. The number of benzene rings is 1. The Hall–Kier alpha value is -1.73. The lowest BCUT2D eigenvalue weighted by atomic mass is 9.81. The Bertz CT molecular complexity index is 747. The van der Waals surface area contributed by atoms with E-state index in [9.17, 15) is 18.0 Å². The number of hydrogen-bond donors (Lipinski definition) is 0. The van der Waals surface area contributed by atoms with Gasteiger partial charge in [-0.15, -0.1) is 9.35 Å². The number of amides is 2. The van der Waals surface area contributed by atoms with Crippen LogP contribution in [0.3, 0.4) is 0 Å². The SMILES string of the molecule is CCC(C)c1ccc(S(=O)(=O)ON2C(=O)C3CCCCC3C2=O)cc1. The van der Waals surface area contributed by atoms with Crippen LogP contribution in [0.1, 0.15) is 57.4 Å². The van der Waals surface area contributed by atoms with Gasteiger partial charge in [0.05, 0.1) is 16.7 Å². The van der Waals surface area contributed by atoms with E-state index >= 15 is 0 Å². The molecule has 1 aliphatic heterocycles. The van der Waals surface area contributed by atoms with Crippen molar-refractivity contribution in [2.75, 3.05) is 0 Å². The summed E-state index contributed by atoms with van der Waals surface area (Å²) in [5.74, 6) is -1.63. The van der Waals surface area contributed by atoms with Crippen molar-refractivity contribution < 1.29 is 22.3 Å². The molecular formula is C18H23NO5S. The first-order valence-electron chi connectivity index (χ1n) is 8.77. The van der Waals surface area contributed by atoms with Crippen LogP contribution in [-0.2, 0) is 24.0 Å². The first-order chi connectivity index (χ1) is 11.8. The predicted molar refractivity (Wildman–Crippen MR) is 90.7 cm³/mol. The third-order valence-electron chi connectivity index (χ3n) is 5.32. The smallest absolute Gasteiger partial charge is 0.272 e. The van der Waals surface area contributed by atoms with Gasteiger partial charge in [-0.3, -0.25) is 9.59 Å². The lowest BCUT2D eigenvalue weighted by Gasteiger charge is -2.19. The molecule has 0 N–H and O–H groups in total. The average Bonchev–Trinajstić information content (AvgIpc) is 2.86. The van der Waals surface area contributed by atoms with E-state index in [1.807, 2.05) is 0 Å². The number of nitrogens with zero attached hydrogens (tertiary/aromatic N) is 1. The van der Waals surface area contributed by atoms with Crippen LogP contribution >= 0.6 is 0 Å². The second-order valence-electron chi connectivity index (χ2n) is 6.88. The maximum absolute atomic E-state index is 12.5. The minimum Gasteiger partial charge on any atom is -0.272 e. The summed E-state index contributed by atoms with van der Waals surface area (Å²) in [5, 5.41) is 0.471. The summed E-state index contributed by atoms with van der Waals surface area (Å²) in [4.78, 5) is 24.7. The Morgan fingerprint density at radius 1 is 1.08 bits per heavy atom. The van der Waals surface area contributed by atoms with Crippen LogP contribution in [0.2, 0.25) is 0 Å². The molecule has 2 fully saturated rings. The number of carbonyl (C=O) groups excluding carboxylic acids is 2. The molecule has 6 nitrogen and oxygen atoms in total. The molecule has 1 saturated carbocycles. The third kappa shape index (κ3) is 3.35. The first-order valence-corrected chi connectivity index (χ1v) is 10.2. The van der Waals surface area contributed by atoms with Crippen molar-refractivity contribution in [3.8, 4) is 0 Å². The molecule has 0 radical (unpaired) electrons. The largest absolute Gasteiger partial charge is 0.318 e. The second kappa shape index (κ2) is 6.88. The number of rotatable bonds is 5. The summed E-state index contributed by atoms with van der Waals surface area (Å²) in [6, 6.07) is 6.37. The Balaban J connectivity index is 1.79. The molecule has 3 unspecified atom stereocenters. The fourth-order valence-corrected chi connectivity index (χ4v) is 4.44. The highest BCUT2D eigenvalue weighted by molar-refractivity contribution is 7.86. The van der Waals surface area contributed by atoms with Gasteiger partial charge in [0.15, 0.2) is 0 Å². The van der Waals surface area contributed by atoms with E-state index in [0.717, 1.165) is 24.8 Å². The second-order valence-corrected chi connectivity index (χ2v) is 8.40. The van der Waals surface area contributed by atoms with Crippen molar-refractivity contribution in [3.05, 3.63) is 29.8 Å². The highest BCUT2D eigenvalue weighted by Crippen LogP contribution is 2.38. The fourth-order valence-electron chi connectivity index (χ4n) is 3.55. The zero-order valence-corrected chi connectivity index (χ0v) is 15.3. The van der Waals surface area contributed by atoms with Gasteiger partial charge in [-0.05, 0) is 42.9 Å². The molecule has 1 aromatic rings. The van der Waals surface area contributed by atoms with Gasteiger partial charge in [-0.25, -0.2) is 0 Å². The van der Waals surface area contributed by atoms with Crippen LogP contribution in [-0.4, -0.2) is 25.3 Å². The molecule has 2 amide bonds. The van der Waals surface area contributed by atoms with Gasteiger partial charge in [0.2, 0.25) is 0 Å². The van der Waals surface area contributed by atoms with Crippen molar-refractivity contribution in [1.29, 1.82) is 0 Å². The summed E-state index contributed by atoms with van der Waals surface area (Å²) < 4.78 is 29.9. The molecule has 1 heterocycles. The summed E-state index contributed by atoms with van der Waals surface area (Å²) in [5.41, 5.74) is 1.03. The molecule has 3 atom stereocenters. The monoisotopic (exact) mass is 365 g/mol. The average molecular weight is 365 g/mol. The van der Waals surface area contributed by atoms with Gasteiger partial charge >= 0.3 is 10.1 Å². The fraction of sp³-hybridized carbons (Fsp3) is 0.556. The lowest BCUT2D eigenvalue weighted by Crippen LogP contribution is -2.33. The van der Waals surface area contributed by atoms with E-state index in [1.54, 1.807) is 12.1 Å². The Morgan fingerprint density at radius 3 is 2.08 bits per heavy atom. The molecule has 0 spiro atoms. The molecule has 2 aliphatic rings. The summed E-state index contributed by atoms with van der Waals surface area (Å²) in [6.07, 6.45) is 3.91. The molecule has 136 valence electrons. The maximum atomic E-state index is 12.5. The standard InChI is InChI=1S/C18H23NO5S/c1-3-12(2)13-8-10-14(11-9-13)25(22,23)24-19-17(20)15-6-4-5-7-16(15)18(19)21/h8-12,15-16H,3-7H2,1-2H3. The van der Waals surface area contributed by atoms with Gasteiger partial charge in [0.1, 0.15) is 0 Å². The van der Waals surface area contributed by atoms with Gasteiger partial charge < -0.3 is 0 Å². The molecule has 1 aromatic carbocycles. The zero-order chi connectivity index (χ0) is 18.2. The van der Waals surface area contributed by atoms with E-state index in [0.29, 0.717) is 23.8 Å². The summed E-state index contributed by atoms with van der Waals surface area (Å²) in [7, 11) is -4.22. The molecule has 7 heteroatoms. The zero-order valence-electron chi connectivity index (χ0n) is 14.5. The number of hydrogen-bond acceptors (Lipinski definition) is 5. The van der Waals surface area contributed by atoms with E-state index in [1.165, 1.54) is 12.1 Å². The first kappa shape index (κ1) is 18.1. The van der Waals surface area contributed by atoms with Crippen LogP contribution in [0.5, 0.6) is 0 Å². The summed E-state index contributed by atoms with van der Waals surface area (Å²) >= 11 is 0. The van der Waals surface area contributed by atoms with Gasteiger partial charge in [0.25, 0.3) is 11.8 Å². The molecule has 1 aliphatic carbocycles. The van der Waals surface area contributed by atoms with E-state index in [2.05, 4.69) is 13.8 Å². The van der Waals surface area contributed by atoms with Crippen LogP contribution in [0.25, 0.3) is 0 Å². The van der Waals surface area contributed by atoms with Gasteiger partial charge in [0, 0.05) is 0 Å². The maximum Gasteiger partial charge on any atom is 0.318 e. The molecule has 0 bridgehead atoms. The van der Waals surface area contributed by atoms with Crippen molar-refractivity contribution in [2.24, 2.45) is 11.8 Å². The summed E-state index contributed by atoms with van der Waals surface area (Å²) in [6.45, 7) is 4.12. The van der Waals surface area contributed by atoms with Gasteiger partial charge in [-0.1, -0.05) is 38.8 Å². The Kier molecular flexibility index (Phi) is 4.97. The van der Waals surface area contributed by atoms with Crippen LogP contribution in [0, 0.1) is 11.8 Å². The number of hydroxylamine groups is 2. The number of fused-ring (bicyclic) bond motifs is 1. The third-order valence-corrected chi connectivity index (χ3v) is 6.52. The van der Waals surface area contributed by atoms with Crippen molar-refractivity contribution in [2.45, 2.75) is 56.8 Å². The quantitative estimate of drug-likeness (QED) is 0.749. The van der Waals surface area contributed by atoms with E-state index < -0.39 is 33.8 Å². The minimum atomic E-state index is -4.22. The lowest BCUT2D eigenvalue weighted by molar-refractivity contribution is -0.165. The van der Waals surface area contributed by atoms with Crippen molar-refractivity contribution >= 4 is 21.9 Å². The highest BCUT2D eigenvalue weighted by atomic mass is 32.2. The van der Waals surface area contributed by atoms with E-state index in [-0.39, 0.29) is 4.90 Å². The molecule has 25 heavy (non-hydrogen) atoms. The Labute approximate surface area is 148 Å². The number of carbonyl (C=O) groups is 2. The van der Waals surface area contributed by atoms with Crippen molar-refractivity contribution in [1.82, 2.24) is 5.06 Å². The molecule has 0 aromatic heterocycles. The minimum absolute atomic E-state index is 0.0602. The molecular weight excluding hydrogens is 342 g/mol. The van der Waals surface area contributed by atoms with Crippen molar-refractivity contribution in [3.63, 3.8) is 0 Å². The van der Waals surface area contributed by atoms with Crippen LogP contribution in [0.15, 0.2) is 29.2 Å². The van der Waals surface area contributed by atoms with Crippen LogP contribution in [0.4, 0.5) is 0 Å². The topological polar surface area (TPSA) is 80.8 Å². The van der Waals surface area contributed by atoms with Crippen LogP contribution < -0.4 is 0 Å². The molecule has 3 rings (SSSR count). The normalized spacial score (nSPS) is 25.1. The number of imide groups is 1. The Morgan fingerprint density at radius 2 is 1.60 bits per heavy atom. The highest BCUT2D eigenvalue weighted by Gasteiger charge is 2.50. The van der Waals surface area contributed by atoms with E-state index in [4.69, 9.17) is 4.28 Å².